The zero-order valence-corrected chi connectivity index (χ0v) is 17.8. The van der Waals surface area contributed by atoms with Crippen LogP contribution in [0.1, 0.15) is 47.7 Å². The molecule has 0 aliphatic carbocycles. The van der Waals surface area contributed by atoms with Gasteiger partial charge < -0.3 is 4.90 Å². The van der Waals surface area contributed by atoms with E-state index in [4.69, 9.17) is 0 Å². The second-order valence-corrected chi connectivity index (χ2v) is 9.53. The molecule has 1 amide bonds. The van der Waals surface area contributed by atoms with Gasteiger partial charge in [0.15, 0.2) is 0 Å². The van der Waals surface area contributed by atoms with E-state index in [0.717, 1.165) is 36.1 Å². The molecule has 5 nitrogen and oxygen atoms in total. The predicted octanol–water partition coefficient (Wildman–Crippen LogP) is 4.14. The molecule has 28 heavy (non-hydrogen) atoms. The minimum atomic E-state index is -3.62. The van der Waals surface area contributed by atoms with Crippen molar-refractivity contribution < 1.29 is 13.2 Å². The fraction of sp³-hybridized carbons (Fsp3) is 0.409. The molecule has 0 bridgehead atoms. The van der Waals surface area contributed by atoms with E-state index in [-0.39, 0.29) is 16.8 Å². The standard InChI is InChI=1S/C22H28N2O3S/c1-16-8-7-10-19(14-16)23(4)22(25)21-15-20(12-11-17(21)2)28(26,27)24-13-6-5-9-18(24)3/h7-8,10-12,14-15,18H,5-6,9,13H2,1-4H3. The first-order chi connectivity index (χ1) is 13.2. The molecule has 1 saturated heterocycles. The Morgan fingerprint density at radius 3 is 2.54 bits per heavy atom. The van der Waals surface area contributed by atoms with Gasteiger partial charge in [-0.05, 0) is 69.0 Å². The summed E-state index contributed by atoms with van der Waals surface area (Å²) in [5.74, 6) is -0.216. The lowest BCUT2D eigenvalue weighted by Gasteiger charge is -2.32. The number of anilines is 1. The zero-order chi connectivity index (χ0) is 20.5. The van der Waals surface area contributed by atoms with Gasteiger partial charge in [-0.3, -0.25) is 4.79 Å². The van der Waals surface area contributed by atoms with Crippen molar-refractivity contribution in [2.24, 2.45) is 0 Å². The van der Waals surface area contributed by atoms with Crippen LogP contribution in [0.15, 0.2) is 47.4 Å². The molecule has 1 heterocycles. The summed E-state index contributed by atoms with van der Waals surface area (Å²) in [7, 11) is -1.91. The van der Waals surface area contributed by atoms with Crippen molar-refractivity contribution >= 4 is 21.6 Å². The summed E-state index contributed by atoms with van der Waals surface area (Å²) >= 11 is 0. The third-order valence-corrected chi connectivity index (χ3v) is 7.49. The molecule has 2 aromatic rings. The van der Waals surface area contributed by atoms with Crippen LogP contribution in [-0.4, -0.2) is 38.3 Å². The number of rotatable bonds is 4. The van der Waals surface area contributed by atoms with Crippen molar-refractivity contribution in [2.75, 3.05) is 18.5 Å². The molecular weight excluding hydrogens is 372 g/mol. The summed E-state index contributed by atoms with van der Waals surface area (Å²) in [6.07, 6.45) is 2.79. The van der Waals surface area contributed by atoms with Gasteiger partial charge in [0.25, 0.3) is 5.91 Å². The smallest absolute Gasteiger partial charge is 0.258 e. The van der Waals surface area contributed by atoms with Gasteiger partial charge in [0.2, 0.25) is 10.0 Å². The number of sulfonamides is 1. The molecule has 3 rings (SSSR count). The third kappa shape index (κ3) is 3.98. The maximum absolute atomic E-state index is 13.2. The Labute approximate surface area is 168 Å². The maximum atomic E-state index is 13.2. The summed E-state index contributed by atoms with van der Waals surface area (Å²) in [6, 6.07) is 12.5. The van der Waals surface area contributed by atoms with E-state index in [9.17, 15) is 13.2 Å². The van der Waals surface area contributed by atoms with E-state index in [1.807, 2.05) is 45.0 Å². The maximum Gasteiger partial charge on any atom is 0.258 e. The molecule has 0 N–H and O–H groups in total. The van der Waals surface area contributed by atoms with Gasteiger partial charge in [0.1, 0.15) is 0 Å². The van der Waals surface area contributed by atoms with E-state index in [0.29, 0.717) is 12.1 Å². The van der Waals surface area contributed by atoms with Crippen LogP contribution in [0.5, 0.6) is 0 Å². The van der Waals surface area contributed by atoms with Crippen LogP contribution in [0.2, 0.25) is 0 Å². The molecule has 2 aromatic carbocycles. The van der Waals surface area contributed by atoms with Gasteiger partial charge in [-0.25, -0.2) is 8.42 Å². The van der Waals surface area contributed by atoms with Crippen LogP contribution in [0.3, 0.4) is 0 Å². The zero-order valence-electron chi connectivity index (χ0n) is 17.0. The van der Waals surface area contributed by atoms with Gasteiger partial charge >= 0.3 is 0 Å². The first kappa shape index (κ1) is 20.6. The third-order valence-electron chi connectivity index (χ3n) is 5.48. The van der Waals surface area contributed by atoms with Crippen LogP contribution in [0.25, 0.3) is 0 Å². The van der Waals surface area contributed by atoms with Crippen molar-refractivity contribution in [3.63, 3.8) is 0 Å². The van der Waals surface area contributed by atoms with Gasteiger partial charge in [-0.2, -0.15) is 4.31 Å². The summed E-state index contributed by atoms with van der Waals surface area (Å²) in [5, 5.41) is 0. The number of aryl methyl sites for hydroxylation is 2. The number of hydrogen-bond acceptors (Lipinski definition) is 3. The van der Waals surface area contributed by atoms with E-state index < -0.39 is 10.0 Å². The number of carbonyl (C=O) groups is 1. The van der Waals surface area contributed by atoms with E-state index in [1.165, 1.54) is 6.07 Å². The normalized spacial score (nSPS) is 18.1. The Kier molecular flexibility index (Phi) is 5.91. The molecule has 1 aliphatic rings. The Hall–Kier alpha value is -2.18. The summed E-state index contributed by atoms with van der Waals surface area (Å²) in [5.41, 5.74) is 3.01. The summed E-state index contributed by atoms with van der Waals surface area (Å²) < 4.78 is 27.9. The summed E-state index contributed by atoms with van der Waals surface area (Å²) in [6.45, 7) is 6.28. The van der Waals surface area contributed by atoms with Gasteiger partial charge in [0, 0.05) is 30.9 Å². The Morgan fingerprint density at radius 2 is 1.86 bits per heavy atom. The molecule has 0 saturated carbocycles. The highest BCUT2D eigenvalue weighted by Gasteiger charge is 2.31. The molecule has 0 aromatic heterocycles. The lowest BCUT2D eigenvalue weighted by molar-refractivity contribution is 0.0992. The Morgan fingerprint density at radius 1 is 1.11 bits per heavy atom. The average Bonchev–Trinajstić information content (AvgIpc) is 2.67. The number of piperidine rings is 1. The van der Waals surface area contributed by atoms with Gasteiger partial charge in [0.05, 0.1) is 4.90 Å². The quantitative estimate of drug-likeness (QED) is 0.775. The lowest BCUT2D eigenvalue weighted by Crippen LogP contribution is -2.42. The van der Waals surface area contributed by atoms with Crippen molar-refractivity contribution in [1.29, 1.82) is 0 Å². The lowest BCUT2D eigenvalue weighted by atomic mass is 10.1. The van der Waals surface area contributed by atoms with Crippen molar-refractivity contribution in [3.8, 4) is 0 Å². The molecule has 150 valence electrons. The van der Waals surface area contributed by atoms with Crippen molar-refractivity contribution in [2.45, 2.75) is 51.0 Å². The number of carbonyl (C=O) groups excluding carboxylic acids is 1. The fourth-order valence-corrected chi connectivity index (χ4v) is 5.42. The van der Waals surface area contributed by atoms with E-state index in [2.05, 4.69) is 0 Å². The molecule has 1 atom stereocenters. The molecule has 1 unspecified atom stereocenters. The minimum Gasteiger partial charge on any atom is -0.311 e. The average molecular weight is 401 g/mol. The van der Waals surface area contributed by atoms with E-state index >= 15 is 0 Å². The van der Waals surface area contributed by atoms with E-state index in [1.54, 1.807) is 28.4 Å². The molecule has 0 radical (unpaired) electrons. The van der Waals surface area contributed by atoms with Crippen molar-refractivity contribution in [3.05, 3.63) is 59.2 Å². The molecule has 1 aliphatic heterocycles. The van der Waals surface area contributed by atoms with Crippen LogP contribution in [0.4, 0.5) is 5.69 Å². The highest BCUT2D eigenvalue weighted by Crippen LogP contribution is 2.27. The molecule has 0 spiro atoms. The second kappa shape index (κ2) is 8.05. The predicted molar refractivity (Wildman–Crippen MR) is 112 cm³/mol. The number of hydrogen-bond donors (Lipinski definition) is 0. The monoisotopic (exact) mass is 400 g/mol. The fourth-order valence-electron chi connectivity index (χ4n) is 3.69. The van der Waals surface area contributed by atoms with Gasteiger partial charge in [-0.15, -0.1) is 0 Å². The first-order valence-electron chi connectivity index (χ1n) is 9.69. The highest BCUT2D eigenvalue weighted by atomic mass is 32.2. The number of nitrogens with zero attached hydrogens (tertiary/aromatic N) is 2. The van der Waals surface area contributed by atoms with Crippen molar-refractivity contribution in [1.82, 2.24) is 4.31 Å². The Bertz CT molecular complexity index is 985. The molecular formula is C22H28N2O3S. The number of benzene rings is 2. The highest BCUT2D eigenvalue weighted by molar-refractivity contribution is 7.89. The van der Waals surface area contributed by atoms with Crippen LogP contribution < -0.4 is 4.90 Å². The second-order valence-electron chi connectivity index (χ2n) is 7.64. The molecule has 6 heteroatoms. The van der Waals surface area contributed by atoms with Crippen LogP contribution in [0, 0.1) is 13.8 Å². The minimum absolute atomic E-state index is 0.0193. The van der Waals surface area contributed by atoms with Crippen LogP contribution in [-0.2, 0) is 10.0 Å². The number of amides is 1. The SMILES string of the molecule is Cc1cccc(N(C)C(=O)c2cc(S(=O)(=O)N3CCCCC3C)ccc2C)c1. The summed E-state index contributed by atoms with van der Waals surface area (Å²) in [4.78, 5) is 14.9. The Balaban J connectivity index is 1.96. The topological polar surface area (TPSA) is 57.7 Å². The van der Waals surface area contributed by atoms with Gasteiger partial charge in [-0.1, -0.05) is 24.6 Å². The first-order valence-corrected chi connectivity index (χ1v) is 11.1. The largest absolute Gasteiger partial charge is 0.311 e. The molecule has 1 fully saturated rings. The van der Waals surface area contributed by atoms with Crippen LogP contribution >= 0.6 is 0 Å².